The van der Waals surface area contributed by atoms with Crippen molar-refractivity contribution in [1.82, 2.24) is 4.57 Å². The first-order chi connectivity index (χ1) is 10.2. The first-order valence-electron chi connectivity index (χ1n) is 9.33. The van der Waals surface area contributed by atoms with E-state index in [1.807, 2.05) is 13.8 Å². The van der Waals surface area contributed by atoms with Gasteiger partial charge in [-0.2, -0.15) is 0 Å². The highest BCUT2D eigenvalue weighted by Gasteiger charge is 2.42. The molecule has 1 rings (SSSR count). The summed E-state index contributed by atoms with van der Waals surface area (Å²) >= 11 is 0. The largest absolute Gasteiger partial charge is 0.244 e. The second-order valence-electron chi connectivity index (χ2n) is 9.57. The molecule has 2 nitrogen and oxygen atoms in total. The van der Waals surface area contributed by atoms with E-state index in [4.69, 9.17) is 0 Å². The highest BCUT2D eigenvalue weighted by Crippen LogP contribution is 2.36. The third-order valence-corrected chi connectivity index (χ3v) is 5.48. The van der Waals surface area contributed by atoms with Crippen molar-refractivity contribution in [2.45, 2.75) is 107 Å². The second-order valence-corrected chi connectivity index (χ2v) is 9.57. The summed E-state index contributed by atoms with van der Waals surface area (Å²) in [6, 6.07) is 0. The first kappa shape index (κ1) is 22.2. The Hall–Kier alpha value is -0.790. The molecular formula is C21H43N2+. The van der Waals surface area contributed by atoms with Crippen LogP contribution < -0.4 is 4.57 Å². The lowest BCUT2D eigenvalue weighted by atomic mass is 9.72. The molecule has 2 heteroatoms. The van der Waals surface area contributed by atoms with E-state index in [2.05, 4.69) is 97.1 Å². The summed E-state index contributed by atoms with van der Waals surface area (Å²) in [6.07, 6.45) is 9.10. The van der Waals surface area contributed by atoms with Crippen LogP contribution in [0.3, 0.4) is 0 Å². The lowest BCUT2D eigenvalue weighted by Crippen LogP contribution is -2.59. The second kappa shape index (κ2) is 7.40. The lowest BCUT2D eigenvalue weighted by Gasteiger charge is -2.38. The predicted molar refractivity (Wildman–Crippen MR) is 103 cm³/mol. The molecule has 0 atom stereocenters. The molecule has 0 aromatic carbocycles. The minimum atomic E-state index is 0.102. The molecule has 1 aromatic heterocycles. The van der Waals surface area contributed by atoms with Crippen LogP contribution >= 0.6 is 0 Å². The highest BCUT2D eigenvalue weighted by atomic mass is 15.2. The van der Waals surface area contributed by atoms with Crippen molar-refractivity contribution in [2.75, 3.05) is 0 Å². The molecule has 0 aliphatic heterocycles. The van der Waals surface area contributed by atoms with E-state index in [0.29, 0.717) is 5.41 Å². The summed E-state index contributed by atoms with van der Waals surface area (Å²) < 4.78 is 4.77. The van der Waals surface area contributed by atoms with Crippen LogP contribution in [0.4, 0.5) is 0 Å². The fourth-order valence-electron chi connectivity index (χ4n) is 3.21. The highest BCUT2D eigenvalue weighted by molar-refractivity contribution is 4.88. The van der Waals surface area contributed by atoms with E-state index in [1.165, 1.54) is 6.42 Å². The van der Waals surface area contributed by atoms with Crippen LogP contribution in [0.5, 0.6) is 0 Å². The van der Waals surface area contributed by atoms with E-state index < -0.39 is 0 Å². The number of rotatable bonds is 5. The first-order valence-corrected chi connectivity index (χ1v) is 9.33. The van der Waals surface area contributed by atoms with Crippen molar-refractivity contribution in [3.63, 3.8) is 0 Å². The fraction of sp³-hybridized carbons (Fsp3) is 0.857. The average molecular weight is 324 g/mol. The zero-order chi connectivity index (χ0) is 18.7. The Labute approximate surface area is 146 Å². The molecule has 1 heterocycles. The molecule has 1 aromatic rings. The number of aromatic nitrogens is 2. The molecule has 136 valence electrons. The molecule has 0 aliphatic rings. The summed E-state index contributed by atoms with van der Waals surface area (Å²) in [4.78, 5) is 0. The van der Waals surface area contributed by atoms with Crippen molar-refractivity contribution < 1.29 is 4.57 Å². The minimum Gasteiger partial charge on any atom is -0.232 e. The van der Waals surface area contributed by atoms with Crippen LogP contribution in [0, 0.1) is 10.8 Å². The third-order valence-electron chi connectivity index (χ3n) is 5.48. The van der Waals surface area contributed by atoms with Gasteiger partial charge in [-0.15, -0.1) is 0 Å². The zero-order valence-corrected chi connectivity index (χ0v) is 18.0. The van der Waals surface area contributed by atoms with Gasteiger partial charge in [0.2, 0.25) is 6.33 Å². The van der Waals surface area contributed by atoms with Crippen LogP contribution in [0.1, 0.15) is 95.9 Å². The molecule has 0 N–H and O–H groups in total. The van der Waals surface area contributed by atoms with Gasteiger partial charge in [-0.05, 0) is 46.0 Å². The normalized spacial score (nSPS) is 13.6. The van der Waals surface area contributed by atoms with Crippen LogP contribution in [0.2, 0.25) is 0 Å². The standard InChI is InChI=1S/C19H37N2.C2H6/c1-11-17(5,6)19(9,10)21-13-12-20(15-21)18(7,8)14-16(2,3)4;1-2/h12-13,15H,11,14H2,1-10H3;1-2H3/q+1;. The molecule has 23 heavy (non-hydrogen) atoms. The summed E-state index contributed by atoms with van der Waals surface area (Å²) in [6.45, 7) is 27.3. The Morgan fingerprint density at radius 1 is 0.870 bits per heavy atom. The van der Waals surface area contributed by atoms with Gasteiger partial charge in [-0.25, -0.2) is 9.13 Å². The summed E-state index contributed by atoms with van der Waals surface area (Å²) in [5.74, 6) is 0. The van der Waals surface area contributed by atoms with Gasteiger partial charge in [0.1, 0.15) is 23.5 Å². The molecule has 0 saturated heterocycles. The number of nitrogens with zero attached hydrogens (tertiary/aromatic N) is 2. The van der Waals surface area contributed by atoms with Crippen molar-refractivity contribution in [1.29, 1.82) is 0 Å². The monoisotopic (exact) mass is 323 g/mol. The molecular weight excluding hydrogens is 280 g/mol. The van der Waals surface area contributed by atoms with Gasteiger partial charge < -0.3 is 0 Å². The molecule has 0 saturated carbocycles. The quantitative estimate of drug-likeness (QED) is 0.575. The maximum Gasteiger partial charge on any atom is 0.244 e. The molecule has 0 radical (unpaired) electrons. The van der Waals surface area contributed by atoms with Gasteiger partial charge >= 0.3 is 0 Å². The number of imidazole rings is 1. The molecule has 0 spiro atoms. The molecule has 0 aliphatic carbocycles. The van der Waals surface area contributed by atoms with E-state index in [-0.39, 0.29) is 16.5 Å². The van der Waals surface area contributed by atoms with Crippen molar-refractivity contribution in [2.24, 2.45) is 10.8 Å². The van der Waals surface area contributed by atoms with Gasteiger partial charge in [0.25, 0.3) is 0 Å². The molecule has 0 bridgehead atoms. The van der Waals surface area contributed by atoms with Gasteiger partial charge in [0, 0.05) is 5.41 Å². The van der Waals surface area contributed by atoms with Gasteiger partial charge in [0.05, 0.1) is 0 Å². The van der Waals surface area contributed by atoms with Crippen LogP contribution in [-0.4, -0.2) is 4.57 Å². The summed E-state index contributed by atoms with van der Waals surface area (Å²) in [7, 11) is 0. The Morgan fingerprint density at radius 2 is 1.35 bits per heavy atom. The van der Waals surface area contributed by atoms with Crippen LogP contribution in [0.25, 0.3) is 0 Å². The third kappa shape index (κ3) is 5.36. The van der Waals surface area contributed by atoms with Gasteiger partial charge in [-0.3, -0.25) is 0 Å². The van der Waals surface area contributed by atoms with E-state index in [1.54, 1.807) is 0 Å². The Balaban J connectivity index is 0.00000232. The minimum absolute atomic E-state index is 0.102. The van der Waals surface area contributed by atoms with Crippen LogP contribution in [-0.2, 0) is 11.1 Å². The SMILES string of the molecule is CC.CCC(C)(C)C(C)(C)[n+]1ccn(C(C)(C)CC(C)(C)C)c1. The fourth-order valence-corrected chi connectivity index (χ4v) is 3.21. The van der Waals surface area contributed by atoms with E-state index in [0.717, 1.165) is 6.42 Å². The van der Waals surface area contributed by atoms with Crippen molar-refractivity contribution in [3.05, 3.63) is 18.7 Å². The topological polar surface area (TPSA) is 8.81 Å². The Morgan fingerprint density at radius 3 is 1.74 bits per heavy atom. The lowest BCUT2D eigenvalue weighted by molar-refractivity contribution is -0.772. The maximum absolute atomic E-state index is 2.39. The number of hydrogen-bond donors (Lipinski definition) is 0. The molecule has 0 fully saturated rings. The summed E-state index contributed by atoms with van der Waals surface area (Å²) in [5, 5.41) is 0. The molecule has 0 unspecified atom stereocenters. The smallest absolute Gasteiger partial charge is 0.232 e. The zero-order valence-electron chi connectivity index (χ0n) is 18.0. The Bertz CT molecular complexity index is 470. The van der Waals surface area contributed by atoms with E-state index >= 15 is 0 Å². The average Bonchev–Trinajstić information content (AvgIpc) is 2.89. The van der Waals surface area contributed by atoms with Gasteiger partial charge in [0.15, 0.2) is 0 Å². The Kier molecular flexibility index (Phi) is 7.15. The van der Waals surface area contributed by atoms with Gasteiger partial charge in [-0.1, -0.05) is 55.4 Å². The predicted octanol–water partition coefficient (Wildman–Crippen LogP) is 6.14. The van der Waals surface area contributed by atoms with Crippen molar-refractivity contribution in [3.8, 4) is 0 Å². The molecule has 0 amide bonds. The van der Waals surface area contributed by atoms with Crippen molar-refractivity contribution >= 4 is 0 Å². The maximum atomic E-state index is 2.39. The summed E-state index contributed by atoms with van der Waals surface area (Å²) in [5.41, 5.74) is 0.829. The number of hydrogen-bond acceptors (Lipinski definition) is 0. The van der Waals surface area contributed by atoms with E-state index in [9.17, 15) is 0 Å². The van der Waals surface area contributed by atoms with Crippen LogP contribution in [0.15, 0.2) is 18.7 Å².